The maximum absolute atomic E-state index is 10.9. The lowest BCUT2D eigenvalue weighted by Gasteiger charge is -2.22. The summed E-state index contributed by atoms with van der Waals surface area (Å²) in [5.74, 6) is 0.806. The molecule has 0 heterocycles. The minimum absolute atomic E-state index is 0.000848. The van der Waals surface area contributed by atoms with E-state index in [1.807, 2.05) is 24.3 Å². The Balaban J connectivity index is 2.63. The first-order valence-corrected chi connectivity index (χ1v) is 7.76. The Labute approximate surface area is 109 Å². The Morgan fingerprint density at radius 1 is 1.22 bits per heavy atom. The van der Waals surface area contributed by atoms with Crippen LogP contribution in [0.25, 0.3) is 0 Å². The fourth-order valence-corrected chi connectivity index (χ4v) is 2.05. The average molecular weight is 271 g/mol. The van der Waals surface area contributed by atoms with Crippen molar-refractivity contribution in [3.8, 4) is 5.75 Å². The van der Waals surface area contributed by atoms with Gasteiger partial charge in [0.1, 0.15) is 12.4 Å². The molecule has 0 aliphatic rings. The van der Waals surface area contributed by atoms with Gasteiger partial charge in [0.25, 0.3) is 0 Å². The van der Waals surface area contributed by atoms with Crippen LogP contribution in [0.2, 0.25) is 0 Å². The van der Waals surface area contributed by atoms with E-state index in [0.717, 1.165) is 17.6 Å². The van der Waals surface area contributed by atoms with Crippen molar-refractivity contribution in [1.29, 1.82) is 0 Å². The largest absolute Gasteiger partial charge is 0.492 e. The molecule has 102 valence electrons. The second-order valence-corrected chi connectivity index (χ2v) is 7.09. The summed E-state index contributed by atoms with van der Waals surface area (Å²) < 4.78 is 29.8. The molecule has 18 heavy (non-hydrogen) atoms. The van der Waals surface area contributed by atoms with Crippen molar-refractivity contribution in [3.05, 3.63) is 29.8 Å². The van der Waals surface area contributed by atoms with Gasteiger partial charge in [-0.05, 0) is 17.0 Å². The number of rotatable bonds is 5. The summed E-state index contributed by atoms with van der Waals surface area (Å²) >= 11 is 0. The summed E-state index contributed by atoms with van der Waals surface area (Å²) in [4.78, 5) is 0. The third kappa shape index (κ3) is 5.06. The lowest BCUT2D eigenvalue weighted by molar-refractivity contribution is 0.314. The van der Waals surface area contributed by atoms with E-state index in [0.29, 0.717) is 6.61 Å². The van der Waals surface area contributed by atoms with E-state index in [-0.39, 0.29) is 12.0 Å². The second-order valence-electron chi connectivity index (χ2n) is 5.26. The molecule has 1 aromatic carbocycles. The Morgan fingerprint density at radius 3 is 2.39 bits per heavy atom. The highest BCUT2D eigenvalue weighted by Gasteiger charge is 2.18. The van der Waals surface area contributed by atoms with Crippen LogP contribution in [0.4, 0.5) is 0 Å². The Hall–Kier alpha value is -1.07. The molecule has 0 spiro atoms. The van der Waals surface area contributed by atoms with E-state index in [2.05, 4.69) is 25.5 Å². The first-order valence-electron chi connectivity index (χ1n) is 5.87. The molecule has 0 fully saturated rings. The molecule has 0 aliphatic carbocycles. The first-order chi connectivity index (χ1) is 8.20. The smallest absolute Gasteiger partial charge is 0.208 e. The summed E-state index contributed by atoms with van der Waals surface area (Å²) in [5.41, 5.74) is 1.12. The Kier molecular flexibility index (Phi) is 4.76. The highest BCUT2D eigenvalue weighted by atomic mass is 32.2. The van der Waals surface area contributed by atoms with Gasteiger partial charge in [0, 0.05) is 6.54 Å². The third-order valence-corrected chi connectivity index (χ3v) is 3.15. The molecule has 1 N–H and O–H groups in total. The highest BCUT2D eigenvalue weighted by molar-refractivity contribution is 7.88. The monoisotopic (exact) mass is 271 g/mol. The highest BCUT2D eigenvalue weighted by Crippen LogP contribution is 2.30. The minimum Gasteiger partial charge on any atom is -0.492 e. The van der Waals surface area contributed by atoms with Gasteiger partial charge >= 0.3 is 0 Å². The molecular formula is C13H21NO3S. The molecule has 5 heteroatoms. The predicted molar refractivity (Wildman–Crippen MR) is 73.5 cm³/mol. The van der Waals surface area contributed by atoms with Crippen LogP contribution < -0.4 is 9.46 Å². The summed E-state index contributed by atoms with van der Waals surface area (Å²) in [5, 5.41) is 0. The van der Waals surface area contributed by atoms with Crippen molar-refractivity contribution in [2.75, 3.05) is 19.4 Å². The average Bonchev–Trinajstić information content (AvgIpc) is 2.22. The maximum atomic E-state index is 10.9. The quantitative estimate of drug-likeness (QED) is 0.832. The molecular weight excluding hydrogens is 250 g/mol. The van der Waals surface area contributed by atoms with Crippen LogP contribution in [0.3, 0.4) is 0 Å². The molecule has 0 radical (unpaired) electrons. The summed E-state index contributed by atoms with van der Waals surface area (Å²) in [6, 6.07) is 7.82. The van der Waals surface area contributed by atoms with Crippen LogP contribution in [0.1, 0.15) is 26.3 Å². The van der Waals surface area contributed by atoms with Crippen LogP contribution in [-0.4, -0.2) is 27.8 Å². The molecule has 0 atom stereocenters. The Bertz CT molecular complexity index is 489. The van der Waals surface area contributed by atoms with Crippen molar-refractivity contribution in [1.82, 2.24) is 4.72 Å². The molecule has 1 aromatic rings. The zero-order valence-electron chi connectivity index (χ0n) is 11.4. The van der Waals surface area contributed by atoms with Gasteiger partial charge in [-0.2, -0.15) is 0 Å². The number of ether oxygens (including phenoxy) is 1. The van der Waals surface area contributed by atoms with E-state index in [1.165, 1.54) is 0 Å². The SMILES string of the molecule is CC(C)(C)c1ccccc1OCCNS(C)(=O)=O. The number of hydrogen-bond acceptors (Lipinski definition) is 3. The topological polar surface area (TPSA) is 55.4 Å². The standard InChI is InChI=1S/C13H21NO3S/c1-13(2,3)11-7-5-6-8-12(11)17-10-9-14-18(4,15)16/h5-8,14H,9-10H2,1-4H3. The maximum Gasteiger partial charge on any atom is 0.208 e. The fourth-order valence-electron chi connectivity index (χ4n) is 1.60. The molecule has 0 aliphatic heterocycles. The number of sulfonamides is 1. The van der Waals surface area contributed by atoms with Gasteiger partial charge in [0.2, 0.25) is 10.0 Å². The zero-order chi connectivity index (χ0) is 13.8. The molecule has 0 bridgehead atoms. The molecule has 0 amide bonds. The van der Waals surface area contributed by atoms with Gasteiger partial charge in [-0.3, -0.25) is 0 Å². The normalized spacial score (nSPS) is 12.4. The van der Waals surface area contributed by atoms with Gasteiger partial charge in [-0.25, -0.2) is 13.1 Å². The minimum atomic E-state index is -3.15. The van der Waals surface area contributed by atoms with Crippen molar-refractivity contribution in [2.24, 2.45) is 0 Å². The number of hydrogen-bond donors (Lipinski definition) is 1. The fraction of sp³-hybridized carbons (Fsp3) is 0.538. The van der Waals surface area contributed by atoms with Crippen LogP contribution in [-0.2, 0) is 15.4 Å². The lowest BCUT2D eigenvalue weighted by atomic mass is 9.86. The van der Waals surface area contributed by atoms with Crippen LogP contribution in [0.15, 0.2) is 24.3 Å². The van der Waals surface area contributed by atoms with Crippen LogP contribution in [0, 0.1) is 0 Å². The number of benzene rings is 1. The van der Waals surface area contributed by atoms with Gasteiger partial charge in [-0.15, -0.1) is 0 Å². The second kappa shape index (κ2) is 5.71. The van der Waals surface area contributed by atoms with Gasteiger partial charge in [0.05, 0.1) is 6.26 Å². The molecule has 4 nitrogen and oxygen atoms in total. The predicted octanol–water partition coefficient (Wildman–Crippen LogP) is 1.91. The molecule has 0 aromatic heterocycles. The van der Waals surface area contributed by atoms with Crippen molar-refractivity contribution in [3.63, 3.8) is 0 Å². The van der Waals surface area contributed by atoms with Crippen LogP contribution >= 0.6 is 0 Å². The van der Waals surface area contributed by atoms with E-state index >= 15 is 0 Å². The molecule has 0 saturated carbocycles. The van der Waals surface area contributed by atoms with Gasteiger partial charge < -0.3 is 4.74 Å². The first kappa shape index (κ1) is 15.0. The third-order valence-electron chi connectivity index (χ3n) is 2.42. The lowest BCUT2D eigenvalue weighted by Crippen LogP contribution is -2.27. The van der Waals surface area contributed by atoms with E-state index in [9.17, 15) is 8.42 Å². The van der Waals surface area contributed by atoms with E-state index in [1.54, 1.807) is 0 Å². The van der Waals surface area contributed by atoms with E-state index < -0.39 is 10.0 Å². The zero-order valence-corrected chi connectivity index (χ0v) is 12.2. The van der Waals surface area contributed by atoms with Crippen molar-refractivity contribution in [2.45, 2.75) is 26.2 Å². The van der Waals surface area contributed by atoms with Gasteiger partial charge in [0.15, 0.2) is 0 Å². The molecule has 0 saturated heterocycles. The van der Waals surface area contributed by atoms with Crippen molar-refractivity contribution < 1.29 is 13.2 Å². The molecule has 0 unspecified atom stereocenters. The number of para-hydroxylation sites is 1. The summed E-state index contributed by atoms with van der Waals surface area (Å²) in [7, 11) is -3.15. The van der Waals surface area contributed by atoms with Crippen molar-refractivity contribution >= 4 is 10.0 Å². The van der Waals surface area contributed by atoms with Crippen LogP contribution in [0.5, 0.6) is 5.75 Å². The van der Waals surface area contributed by atoms with Gasteiger partial charge in [-0.1, -0.05) is 39.0 Å². The summed E-state index contributed by atoms with van der Waals surface area (Å²) in [6.07, 6.45) is 1.14. The molecule has 1 rings (SSSR count). The van der Waals surface area contributed by atoms with E-state index in [4.69, 9.17) is 4.74 Å². The Morgan fingerprint density at radius 2 is 1.83 bits per heavy atom. The number of nitrogens with one attached hydrogen (secondary N) is 1. The summed E-state index contributed by atoms with van der Waals surface area (Å²) in [6.45, 7) is 6.94.